The number of cyclic esters (lactones) is 1. The minimum absolute atomic E-state index is 0.224. The molecule has 0 unspecified atom stereocenters. The molecular formula is C26H41NO6S2. The molecule has 2 heterocycles. The van der Waals surface area contributed by atoms with E-state index in [9.17, 15) is 23.4 Å². The number of thiazole rings is 1. The van der Waals surface area contributed by atoms with Crippen molar-refractivity contribution in [1.29, 1.82) is 0 Å². The Bertz CT molecular complexity index is 1040. The molecule has 2 rings (SSSR count). The van der Waals surface area contributed by atoms with Crippen molar-refractivity contribution >= 4 is 33.2 Å². The first kappa shape index (κ1) is 29.7. The summed E-state index contributed by atoms with van der Waals surface area (Å²) in [5, 5.41) is 23.4. The number of rotatable bonds is 2. The van der Waals surface area contributed by atoms with E-state index in [2.05, 4.69) is 11.1 Å². The summed E-state index contributed by atoms with van der Waals surface area (Å²) in [6.45, 7) is 11.9. The molecule has 1 aliphatic rings. The fraction of sp³-hybridized carbons (Fsp3) is 0.692. The number of aromatic nitrogens is 1. The van der Waals surface area contributed by atoms with Gasteiger partial charge in [0.15, 0.2) is 9.84 Å². The molecule has 2 N–H and O–H groups in total. The number of aliphatic hydroxyl groups is 2. The van der Waals surface area contributed by atoms with Gasteiger partial charge in [0.25, 0.3) is 0 Å². The van der Waals surface area contributed by atoms with Gasteiger partial charge in [-0.05, 0) is 78.4 Å². The quantitative estimate of drug-likeness (QED) is 0.426. The van der Waals surface area contributed by atoms with Crippen molar-refractivity contribution in [1.82, 2.24) is 4.98 Å². The van der Waals surface area contributed by atoms with Crippen molar-refractivity contribution in [3.05, 3.63) is 33.3 Å². The lowest BCUT2D eigenvalue weighted by atomic mass is 9.94. The molecule has 198 valence electrons. The summed E-state index contributed by atoms with van der Waals surface area (Å²) in [4.78, 5) is 17.3. The van der Waals surface area contributed by atoms with Gasteiger partial charge in [-0.25, -0.2) is 13.4 Å². The molecule has 1 aromatic heterocycles. The average molecular weight is 528 g/mol. The summed E-state index contributed by atoms with van der Waals surface area (Å²) < 4.78 is 30.8. The molecule has 0 aliphatic carbocycles. The summed E-state index contributed by atoms with van der Waals surface area (Å²) in [6.07, 6.45) is 3.12. The SMILES string of the molecule is C/C1=C/C[C@@H](/C(C)=C/c2csc(C)n2)OC(=O)C[C@@H](O)C(C)(C)S(=O)(=O)[C@H](C)[C@@H](O)[C@@H](C)CCC1. The number of allylic oxidation sites excluding steroid dienone is 1. The van der Waals surface area contributed by atoms with Crippen LogP contribution in [0.25, 0.3) is 6.08 Å². The van der Waals surface area contributed by atoms with E-state index in [1.807, 2.05) is 39.2 Å². The largest absolute Gasteiger partial charge is 0.457 e. The van der Waals surface area contributed by atoms with Gasteiger partial charge in [0, 0.05) is 11.8 Å². The molecule has 0 aromatic carbocycles. The number of nitrogens with zero attached hydrogens (tertiary/aromatic N) is 1. The first-order chi connectivity index (χ1) is 16.2. The molecule has 0 amide bonds. The van der Waals surface area contributed by atoms with Crippen molar-refractivity contribution in [3.63, 3.8) is 0 Å². The maximum Gasteiger partial charge on any atom is 0.309 e. The number of aryl methyl sites for hydroxylation is 1. The second kappa shape index (κ2) is 12.1. The van der Waals surface area contributed by atoms with E-state index >= 15 is 0 Å². The number of sulfone groups is 1. The Morgan fingerprint density at radius 2 is 1.91 bits per heavy atom. The normalized spacial score (nSPS) is 32.9. The standard InChI is InChI=1S/C26H41NO6S2/c1-16-9-8-10-17(2)25(30)19(4)35(31,32)26(6,7)23(28)14-24(29)33-22(12-11-16)18(3)13-21-15-34-20(5)27-21/h11,13,15,17,19,22-23,25,28,30H,8-10,12,14H2,1-7H3/b16-11-,18-13+/t17-,19+,22-,23+,25-/m0/s1. The minimum Gasteiger partial charge on any atom is -0.457 e. The molecule has 0 saturated carbocycles. The van der Waals surface area contributed by atoms with Crippen molar-refractivity contribution < 1.29 is 28.2 Å². The minimum atomic E-state index is -3.98. The fourth-order valence-corrected chi connectivity index (χ4v) is 6.94. The van der Waals surface area contributed by atoms with E-state index in [-0.39, 0.29) is 5.92 Å². The van der Waals surface area contributed by atoms with Crippen LogP contribution in [0.4, 0.5) is 0 Å². The molecule has 0 fully saturated rings. The van der Waals surface area contributed by atoms with Crippen molar-refractivity contribution in [2.24, 2.45) is 5.92 Å². The van der Waals surface area contributed by atoms with Crippen LogP contribution in [-0.2, 0) is 19.4 Å². The molecule has 35 heavy (non-hydrogen) atoms. The molecule has 0 bridgehead atoms. The van der Waals surface area contributed by atoms with Gasteiger partial charge >= 0.3 is 5.97 Å². The highest BCUT2D eigenvalue weighted by molar-refractivity contribution is 7.93. The second-order valence-corrected chi connectivity index (χ2v) is 14.3. The fourth-order valence-electron chi connectivity index (χ4n) is 4.31. The number of ether oxygens (including phenoxy) is 1. The Kier molecular flexibility index (Phi) is 10.3. The Hall–Kier alpha value is -1.55. The van der Waals surface area contributed by atoms with Crippen LogP contribution in [0.15, 0.2) is 22.6 Å². The van der Waals surface area contributed by atoms with Crippen LogP contribution in [0.1, 0.15) is 84.3 Å². The van der Waals surface area contributed by atoms with E-state index in [1.165, 1.54) is 32.1 Å². The van der Waals surface area contributed by atoms with E-state index in [0.717, 1.165) is 34.7 Å². The molecule has 0 saturated heterocycles. The first-order valence-corrected chi connectivity index (χ1v) is 14.6. The van der Waals surface area contributed by atoms with Crippen LogP contribution >= 0.6 is 11.3 Å². The van der Waals surface area contributed by atoms with Gasteiger partial charge in [0.1, 0.15) is 6.10 Å². The predicted octanol–water partition coefficient (Wildman–Crippen LogP) is 4.62. The molecule has 1 aromatic rings. The third-order valence-electron chi connectivity index (χ3n) is 7.15. The summed E-state index contributed by atoms with van der Waals surface area (Å²) >= 11 is 1.54. The van der Waals surface area contributed by atoms with Crippen LogP contribution in [-0.4, -0.2) is 57.9 Å². The van der Waals surface area contributed by atoms with Crippen LogP contribution in [0.2, 0.25) is 0 Å². The van der Waals surface area contributed by atoms with Crippen LogP contribution in [0.3, 0.4) is 0 Å². The molecule has 7 nitrogen and oxygen atoms in total. The van der Waals surface area contributed by atoms with Gasteiger partial charge in [0.05, 0.1) is 39.3 Å². The maximum absolute atomic E-state index is 13.4. The second-order valence-electron chi connectivity index (χ2n) is 10.4. The number of aliphatic hydroxyl groups excluding tert-OH is 2. The third kappa shape index (κ3) is 7.47. The highest BCUT2D eigenvalue weighted by atomic mass is 32.2. The van der Waals surface area contributed by atoms with Gasteiger partial charge in [-0.2, -0.15) is 0 Å². The zero-order valence-corrected chi connectivity index (χ0v) is 23.6. The third-order valence-corrected chi connectivity index (χ3v) is 10.9. The Balaban J connectivity index is 2.39. The zero-order valence-electron chi connectivity index (χ0n) is 21.9. The first-order valence-electron chi connectivity index (χ1n) is 12.2. The molecule has 0 spiro atoms. The van der Waals surface area contributed by atoms with Gasteiger partial charge in [-0.1, -0.05) is 18.6 Å². The number of carbonyl (C=O) groups excluding carboxylic acids is 1. The summed E-state index contributed by atoms with van der Waals surface area (Å²) in [5.74, 6) is -0.898. The highest BCUT2D eigenvalue weighted by Crippen LogP contribution is 2.32. The van der Waals surface area contributed by atoms with Gasteiger partial charge < -0.3 is 14.9 Å². The Morgan fingerprint density at radius 1 is 1.26 bits per heavy atom. The van der Waals surface area contributed by atoms with E-state index in [0.29, 0.717) is 12.8 Å². The number of carbonyl (C=O) groups is 1. The van der Waals surface area contributed by atoms with Gasteiger partial charge in [0.2, 0.25) is 0 Å². The van der Waals surface area contributed by atoms with Crippen LogP contribution in [0, 0.1) is 12.8 Å². The number of esters is 1. The molecule has 5 atom stereocenters. The van der Waals surface area contributed by atoms with E-state index < -0.39 is 50.5 Å². The summed E-state index contributed by atoms with van der Waals surface area (Å²) in [6, 6.07) is 0. The molecule has 0 radical (unpaired) electrons. The lowest BCUT2D eigenvalue weighted by molar-refractivity contribution is -0.149. The highest BCUT2D eigenvalue weighted by Gasteiger charge is 2.47. The van der Waals surface area contributed by atoms with E-state index in [4.69, 9.17) is 4.74 Å². The average Bonchev–Trinajstić information content (AvgIpc) is 3.18. The topological polar surface area (TPSA) is 114 Å². The molecule has 9 heteroatoms. The smallest absolute Gasteiger partial charge is 0.309 e. The van der Waals surface area contributed by atoms with Gasteiger partial charge in [-0.3, -0.25) is 4.79 Å². The van der Waals surface area contributed by atoms with Crippen LogP contribution < -0.4 is 0 Å². The van der Waals surface area contributed by atoms with Gasteiger partial charge in [-0.15, -0.1) is 11.3 Å². The zero-order chi connectivity index (χ0) is 26.6. The lowest BCUT2D eigenvalue weighted by Crippen LogP contribution is -2.52. The Morgan fingerprint density at radius 3 is 2.51 bits per heavy atom. The lowest BCUT2D eigenvalue weighted by Gasteiger charge is -2.35. The van der Waals surface area contributed by atoms with E-state index in [1.54, 1.807) is 0 Å². The summed E-state index contributed by atoms with van der Waals surface area (Å²) in [7, 11) is -3.98. The number of hydrogen-bond donors (Lipinski definition) is 2. The predicted molar refractivity (Wildman–Crippen MR) is 141 cm³/mol. The van der Waals surface area contributed by atoms with Crippen molar-refractivity contribution in [2.45, 2.75) is 109 Å². The molecular weight excluding hydrogens is 486 g/mol. The van der Waals surface area contributed by atoms with Crippen molar-refractivity contribution in [3.8, 4) is 0 Å². The number of hydrogen-bond acceptors (Lipinski definition) is 8. The summed E-state index contributed by atoms with van der Waals surface area (Å²) in [5.41, 5.74) is 2.75. The monoisotopic (exact) mass is 527 g/mol. The van der Waals surface area contributed by atoms with Crippen LogP contribution in [0.5, 0.6) is 0 Å². The molecule has 1 aliphatic heterocycles. The maximum atomic E-state index is 13.4. The Labute approximate surface area is 214 Å². The van der Waals surface area contributed by atoms with Crippen molar-refractivity contribution in [2.75, 3.05) is 0 Å².